The van der Waals surface area contributed by atoms with E-state index in [-0.39, 0.29) is 5.82 Å². The molecule has 2 N–H and O–H groups in total. The number of aliphatic carboxylic acids is 1. The van der Waals surface area contributed by atoms with E-state index in [0.717, 1.165) is 11.3 Å². The highest BCUT2D eigenvalue weighted by Crippen LogP contribution is 2.24. The second kappa shape index (κ2) is 6.59. The van der Waals surface area contributed by atoms with Crippen LogP contribution in [-0.2, 0) is 4.79 Å². The quantitative estimate of drug-likeness (QED) is 0.880. The molecule has 1 aromatic heterocycles. The SMILES string of the molecule is COc1ccc(-c2ccc(C#N)c(NC(C)C(=O)O)n2)cc1. The van der Waals surface area contributed by atoms with E-state index in [1.54, 1.807) is 19.2 Å². The van der Waals surface area contributed by atoms with Crippen molar-refractivity contribution in [1.29, 1.82) is 5.26 Å². The first-order chi connectivity index (χ1) is 10.5. The van der Waals surface area contributed by atoms with Gasteiger partial charge in [0.05, 0.1) is 18.4 Å². The number of pyridine rings is 1. The summed E-state index contributed by atoms with van der Waals surface area (Å²) < 4.78 is 5.10. The number of carboxylic acids is 1. The molecule has 0 saturated heterocycles. The van der Waals surface area contributed by atoms with E-state index in [1.165, 1.54) is 6.92 Å². The molecule has 2 rings (SSSR count). The summed E-state index contributed by atoms with van der Waals surface area (Å²) in [7, 11) is 1.59. The third kappa shape index (κ3) is 3.33. The number of anilines is 1. The van der Waals surface area contributed by atoms with E-state index in [9.17, 15) is 4.79 Å². The van der Waals surface area contributed by atoms with Gasteiger partial charge in [0.25, 0.3) is 0 Å². The molecule has 0 aliphatic carbocycles. The standard InChI is InChI=1S/C16H15N3O3/c1-10(16(20)21)18-15-12(9-17)5-8-14(19-15)11-3-6-13(22-2)7-4-11/h3-8,10H,1-2H3,(H,18,19)(H,20,21). The highest BCUT2D eigenvalue weighted by molar-refractivity contribution is 5.77. The molecule has 0 spiro atoms. The van der Waals surface area contributed by atoms with Gasteiger partial charge in [-0.25, -0.2) is 4.98 Å². The van der Waals surface area contributed by atoms with Crippen molar-refractivity contribution in [2.45, 2.75) is 13.0 Å². The molecule has 0 fully saturated rings. The molecule has 1 heterocycles. The maximum Gasteiger partial charge on any atom is 0.325 e. The van der Waals surface area contributed by atoms with Crippen molar-refractivity contribution in [2.24, 2.45) is 0 Å². The number of hydrogen-bond donors (Lipinski definition) is 2. The van der Waals surface area contributed by atoms with Crippen LogP contribution in [0.3, 0.4) is 0 Å². The number of carboxylic acid groups (broad SMARTS) is 1. The first-order valence-corrected chi connectivity index (χ1v) is 6.60. The van der Waals surface area contributed by atoms with Gasteiger partial charge < -0.3 is 15.2 Å². The smallest absolute Gasteiger partial charge is 0.325 e. The fourth-order valence-corrected chi connectivity index (χ4v) is 1.85. The highest BCUT2D eigenvalue weighted by atomic mass is 16.5. The van der Waals surface area contributed by atoms with Crippen LogP contribution >= 0.6 is 0 Å². The van der Waals surface area contributed by atoms with E-state index >= 15 is 0 Å². The minimum Gasteiger partial charge on any atom is -0.497 e. The average molecular weight is 297 g/mol. The number of nitriles is 1. The maximum absolute atomic E-state index is 10.9. The maximum atomic E-state index is 10.9. The van der Waals surface area contributed by atoms with Crippen molar-refractivity contribution in [1.82, 2.24) is 4.98 Å². The molecule has 22 heavy (non-hydrogen) atoms. The van der Waals surface area contributed by atoms with Crippen LogP contribution in [0.2, 0.25) is 0 Å². The van der Waals surface area contributed by atoms with Gasteiger partial charge in [-0.3, -0.25) is 4.79 Å². The van der Waals surface area contributed by atoms with E-state index in [2.05, 4.69) is 10.3 Å². The van der Waals surface area contributed by atoms with Crippen LogP contribution in [0.15, 0.2) is 36.4 Å². The predicted octanol–water partition coefficient (Wildman–Crippen LogP) is 2.51. The lowest BCUT2D eigenvalue weighted by atomic mass is 10.1. The summed E-state index contributed by atoms with van der Waals surface area (Å²) in [6.45, 7) is 1.49. The zero-order chi connectivity index (χ0) is 16.1. The topological polar surface area (TPSA) is 95.2 Å². The third-order valence-electron chi connectivity index (χ3n) is 3.13. The molecule has 0 bridgehead atoms. The number of methoxy groups -OCH3 is 1. The number of carbonyl (C=O) groups is 1. The second-order valence-electron chi connectivity index (χ2n) is 4.64. The number of nitrogens with zero attached hydrogens (tertiary/aromatic N) is 2. The molecule has 6 heteroatoms. The van der Waals surface area contributed by atoms with Crippen LogP contribution in [0.1, 0.15) is 12.5 Å². The van der Waals surface area contributed by atoms with Crippen LogP contribution in [0.25, 0.3) is 11.3 Å². The molecule has 1 unspecified atom stereocenters. The first-order valence-electron chi connectivity index (χ1n) is 6.60. The van der Waals surface area contributed by atoms with Crippen molar-refractivity contribution in [3.8, 4) is 23.1 Å². The molecular formula is C16H15N3O3. The molecule has 0 aliphatic heterocycles. The summed E-state index contributed by atoms with van der Waals surface area (Å²) >= 11 is 0. The van der Waals surface area contributed by atoms with E-state index in [4.69, 9.17) is 15.1 Å². The summed E-state index contributed by atoms with van der Waals surface area (Å²) in [5, 5.41) is 20.8. The lowest BCUT2D eigenvalue weighted by Crippen LogP contribution is -2.26. The molecule has 0 radical (unpaired) electrons. The second-order valence-corrected chi connectivity index (χ2v) is 4.64. The Bertz CT molecular complexity index is 720. The summed E-state index contributed by atoms with van der Waals surface area (Å²) in [4.78, 5) is 15.3. The van der Waals surface area contributed by atoms with Gasteiger partial charge in [0, 0.05) is 5.56 Å². The molecule has 0 amide bonds. The molecular weight excluding hydrogens is 282 g/mol. The van der Waals surface area contributed by atoms with Crippen LogP contribution in [-0.4, -0.2) is 29.2 Å². The van der Waals surface area contributed by atoms with E-state index in [0.29, 0.717) is 11.3 Å². The first kappa shape index (κ1) is 15.3. The van der Waals surface area contributed by atoms with Gasteiger partial charge in [0.15, 0.2) is 0 Å². The van der Waals surface area contributed by atoms with E-state index in [1.807, 2.05) is 30.3 Å². The zero-order valence-electron chi connectivity index (χ0n) is 12.2. The number of aromatic nitrogens is 1. The third-order valence-corrected chi connectivity index (χ3v) is 3.13. The Hall–Kier alpha value is -3.07. The number of ether oxygens (including phenoxy) is 1. The Morgan fingerprint density at radius 1 is 1.32 bits per heavy atom. The van der Waals surface area contributed by atoms with Gasteiger partial charge >= 0.3 is 5.97 Å². The van der Waals surface area contributed by atoms with Gasteiger partial charge in [-0.1, -0.05) is 0 Å². The predicted molar refractivity (Wildman–Crippen MR) is 81.7 cm³/mol. The van der Waals surface area contributed by atoms with E-state index < -0.39 is 12.0 Å². The number of benzene rings is 1. The van der Waals surface area contributed by atoms with Crippen molar-refractivity contribution >= 4 is 11.8 Å². The lowest BCUT2D eigenvalue weighted by Gasteiger charge is -2.12. The summed E-state index contributed by atoms with van der Waals surface area (Å²) in [5.41, 5.74) is 1.78. The number of nitrogens with one attached hydrogen (secondary N) is 1. The van der Waals surface area contributed by atoms with Crippen molar-refractivity contribution in [3.05, 3.63) is 42.0 Å². The van der Waals surface area contributed by atoms with Gasteiger partial charge in [-0.15, -0.1) is 0 Å². The molecule has 0 aliphatic rings. The van der Waals surface area contributed by atoms with Crippen LogP contribution in [0.5, 0.6) is 5.75 Å². The normalized spacial score (nSPS) is 11.3. The Balaban J connectivity index is 2.37. The van der Waals surface area contributed by atoms with Crippen molar-refractivity contribution in [3.63, 3.8) is 0 Å². The Morgan fingerprint density at radius 2 is 2.00 bits per heavy atom. The van der Waals surface area contributed by atoms with Gasteiger partial charge in [-0.05, 0) is 43.3 Å². The Labute approximate surface area is 128 Å². The summed E-state index contributed by atoms with van der Waals surface area (Å²) in [6.07, 6.45) is 0. The zero-order valence-corrected chi connectivity index (χ0v) is 12.2. The Kier molecular flexibility index (Phi) is 4.59. The monoisotopic (exact) mass is 297 g/mol. The van der Waals surface area contributed by atoms with Crippen LogP contribution < -0.4 is 10.1 Å². The largest absolute Gasteiger partial charge is 0.497 e. The lowest BCUT2D eigenvalue weighted by molar-refractivity contribution is -0.137. The summed E-state index contributed by atoms with van der Waals surface area (Å²) in [6, 6.07) is 11.8. The minimum atomic E-state index is -1.01. The Morgan fingerprint density at radius 3 is 2.55 bits per heavy atom. The van der Waals surface area contributed by atoms with Crippen LogP contribution in [0, 0.1) is 11.3 Å². The van der Waals surface area contributed by atoms with Gasteiger partial charge in [-0.2, -0.15) is 5.26 Å². The van der Waals surface area contributed by atoms with Gasteiger partial charge in [0.1, 0.15) is 23.7 Å². The average Bonchev–Trinajstić information content (AvgIpc) is 2.54. The number of hydrogen-bond acceptors (Lipinski definition) is 5. The molecule has 6 nitrogen and oxygen atoms in total. The van der Waals surface area contributed by atoms with Crippen LogP contribution in [0.4, 0.5) is 5.82 Å². The molecule has 1 atom stereocenters. The van der Waals surface area contributed by atoms with Gasteiger partial charge in [0.2, 0.25) is 0 Å². The molecule has 0 saturated carbocycles. The fraction of sp³-hybridized carbons (Fsp3) is 0.188. The molecule has 112 valence electrons. The minimum absolute atomic E-state index is 0.255. The number of rotatable bonds is 5. The fourth-order valence-electron chi connectivity index (χ4n) is 1.85. The van der Waals surface area contributed by atoms with Crippen molar-refractivity contribution in [2.75, 3.05) is 12.4 Å². The van der Waals surface area contributed by atoms with Crippen molar-refractivity contribution < 1.29 is 14.6 Å². The molecule has 1 aromatic carbocycles. The molecule has 2 aromatic rings. The summed E-state index contributed by atoms with van der Waals surface area (Å²) in [5.74, 6) is -0.0264. The highest BCUT2D eigenvalue weighted by Gasteiger charge is 2.14.